The molecule has 106 valence electrons. The molecule has 1 aromatic carbocycles. The Balaban J connectivity index is 2.33. The second-order valence-corrected chi connectivity index (χ2v) is 6.50. The summed E-state index contributed by atoms with van der Waals surface area (Å²) < 4.78 is 5.24. The first-order chi connectivity index (χ1) is 8.97. The molecule has 0 amide bonds. The fraction of sp³-hybridized carbons (Fsp3) is 0.647. The van der Waals surface area contributed by atoms with Crippen LogP contribution in [0, 0.1) is 0 Å². The van der Waals surface area contributed by atoms with Gasteiger partial charge in [-0.05, 0) is 50.3 Å². The van der Waals surface area contributed by atoms with Crippen LogP contribution in [0.4, 0.5) is 0 Å². The van der Waals surface area contributed by atoms with Gasteiger partial charge in [0.1, 0.15) is 0 Å². The van der Waals surface area contributed by atoms with Crippen LogP contribution in [0.5, 0.6) is 0 Å². The smallest absolute Gasteiger partial charge is 0.0713 e. The number of hydrogen-bond donors (Lipinski definition) is 0. The summed E-state index contributed by atoms with van der Waals surface area (Å²) >= 11 is 0. The quantitative estimate of drug-likeness (QED) is 0.817. The molecule has 0 saturated heterocycles. The minimum Gasteiger partial charge on any atom is -0.380 e. The van der Waals surface area contributed by atoms with E-state index in [1.54, 1.807) is 7.11 Å². The molecule has 0 N–H and O–H groups in total. The van der Waals surface area contributed by atoms with E-state index in [4.69, 9.17) is 4.74 Å². The normalized spacial score (nSPS) is 20.4. The highest BCUT2D eigenvalue weighted by atomic mass is 16.5. The van der Waals surface area contributed by atoms with Crippen LogP contribution in [0.3, 0.4) is 0 Å². The van der Waals surface area contributed by atoms with Crippen molar-refractivity contribution in [1.29, 1.82) is 0 Å². The molecule has 0 aromatic heterocycles. The number of fused-ring (bicyclic) bond motifs is 1. The number of rotatable bonds is 3. The van der Waals surface area contributed by atoms with Gasteiger partial charge in [0.15, 0.2) is 0 Å². The number of nitrogens with zero attached hydrogens (tertiary/aromatic N) is 1. The van der Waals surface area contributed by atoms with Crippen molar-refractivity contribution in [1.82, 2.24) is 4.90 Å². The van der Waals surface area contributed by atoms with E-state index in [0.29, 0.717) is 12.6 Å². The highest BCUT2D eigenvalue weighted by Gasteiger charge is 2.32. The van der Waals surface area contributed by atoms with Crippen LogP contribution in [0.1, 0.15) is 56.8 Å². The van der Waals surface area contributed by atoms with E-state index in [1.165, 1.54) is 23.1 Å². The van der Waals surface area contributed by atoms with Crippen molar-refractivity contribution in [2.75, 3.05) is 13.7 Å². The zero-order chi connectivity index (χ0) is 14.0. The van der Waals surface area contributed by atoms with Crippen LogP contribution in [0.2, 0.25) is 0 Å². The van der Waals surface area contributed by atoms with Gasteiger partial charge in [0, 0.05) is 25.2 Å². The molecule has 1 aliphatic heterocycles. The Hall–Kier alpha value is -0.860. The predicted octanol–water partition coefficient (Wildman–Crippen LogP) is 3.94. The predicted molar refractivity (Wildman–Crippen MR) is 80.4 cm³/mol. The van der Waals surface area contributed by atoms with Crippen molar-refractivity contribution in [3.8, 4) is 0 Å². The van der Waals surface area contributed by atoms with Crippen LogP contribution in [-0.4, -0.2) is 24.1 Å². The van der Waals surface area contributed by atoms with Crippen molar-refractivity contribution in [3.05, 3.63) is 34.9 Å². The number of hydrogen-bond acceptors (Lipinski definition) is 2. The lowest BCUT2D eigenvalue weighted by Gasteiger charge is -2.45. The van der Waals surface area contributed by atoms with E-state index in [2.05, 4.69) is 50.8 Å². The molecule has 2 nitrogen and oxygen atoms in total. The van der Waals surface area contributed by atoms with Crippen LogP contribution in [0.25, 0.3) is 0 Å². The fourth-order valence-electron chi connectivity index (χ4n) is 3.26. The summed E-state index contributed by atoms with van der Waals surface area (Å²) in [6, 6.07) is 7.43. The lowest BCUT2D eigenvalue weighted by molar-refractivity contribution is 0.0705. The van der Waals surface area contributed by atoms with Gasteiger partial charge in [0.25, 0.3) is 0 Å². The standard InChI is InChI=1S/C17H27NO/c1-6-16-15-8-7-13(12-19-5)11-14(15)9-10-18(16)17(2,3)4/h7-8,11,16H,6,9-10,12H2,1-5H3. The zero-order valence-electron chi connectivity index (χ0n) is 13.0. The maximum absolute atomic E-state index is 5.24. The zero-order valence-corrected chi connectivity index (χ0v) is 13.0. The molecule has 0 bridgehead atoms. The molecule has 0 spiro atoms. The first kappa shape index (κ1) is 14.5. The van der Waals surface area contributed by atoms with Gasteiger partial charge in [0.2, 0.25) is 0 Å². The summed E-state index contributed by atoms with van der Waals surface area (Å²) in [6.45, 7) is 11.1. The molecule has 0 saturated carbocycles. The van der Waals surface area contributed by atoms with E-state index in [9.17, 15) is 0 Å². The minimum absolute atomic E-state index is 0.240. The van der Waals surface area contributed by atoms with Crippen molar-refractivity contribution in [2.45, 2.75) is 58.7 Å². The summed E-state index contributed by atoms with van der Waals surface area (Å²) in [4.78, 5) is 2.64. The Bertz CT molecular complexity index is 433. The van der Waals surface area contributed by atoms with E-state index >= 15 is 0 Å². The third-order valence-electron chi connectivity index (χ3n) is 4.12. The van der Waals surface area contributed by atoms with Gasteiger partial charge >= 0.3 is 0 Å². The van der Waals surface area contributed by atoms with E-state index in [-0.39, 0.29) is 5.54 Å². The lowest BCUT2D eigenvalue weighted by atomic mass is 9.86. The minimum atomic E-state index is 0.240. The van der Waals surface area contributed by atoms with Crippen LogP contribution < -0.4 is 0 Å². The van der Waals surface area contributed by atoms with Crippen molar-refractivity contribution in [2.24, 2.45) is 0 Å². The van der Waals surface area contributed by atoms with Crippen LogP contribution in [0.15, 0.2) is 18.2 Å². The third-order valence-corrected chi connectivity index (χ3v) is 4.12. The highest BCUT2D eigenvalue weighted by Crippen LogP contribution is 2.37. The van der Waals surface area contributed by atoms with Crippen LogP contribution in [-0.2, 0) is 17.8 Å². The van der Waals surface area contributed by atoms with Gasteiger partial charge in [0.05, 0.1) is 6.61 Å². The lowest BCUT2D eigenvalue weighted by Crippen LogP contribution is -2.47. The average Bonchev–Trinajstić information content (AvgIpc) is 2.36. The molecule has 19 heavy (non-hydrogen) atoms. The Morgan fingerprint density at radius 3 is 2.63 bits per heavy atom. The molecule has 0 radical (unpaired) electrons. The van der Waals surface area contributed by atoms with Crippen molar-refractivity contribution < 1.29 is 4.74 Å². The summed E-state index contributed by atoms with van der Waals surface area (Å²) in [5, 5.41) is 0. The molecular formula is C17H27NO. The number of benzene rings is 1. The van der Waals surface area contributed by atoms with Gasteiger partial charge in [-0.25, -0.2) is 0 Å². The summed E-state index contributed by atoms with van der Waals surface area (Å²) in [7, 11) is 1.76. The fourth-order valence-corrected chi connectivity index (χ4v) is 3.26. The van der Waals surface area contributed by atoms with Crippen molar-refractivity contribution >= 4 is 0 Å². The average molecular weight is 261 g/mol. The Labute approximate surface area is 117 Å². The Morgan fingerprint density at radius 1 is 1.32 bits per heavy atom. The SMILES string of the molecule is CCC1c2ccc(COC)cc2CCN1C(C)(C)C. The molecule has 1 unspecified atom stereocenters. The third kappa shape index (κ3) is 3.01. The summed E-state index contributed by atoms with van der Waals surface area (Å²) in [5.74, 6) is 0. The Morgan fingerprint density at radius 2 is 2.05 bits per heavy atom. The Kier molecular flexibility index (Phi) is 4.32. The molecule has 1 heterocycles. The maximum Gasteiger partial charge on any atom is 0.0713 e. The highest BCUT2D eigenvalue weighted by molar-refractivity contribution is 5.36. The summed E-state index contributed by atoms with van der Waals surface area (Å²) in [5.41, 5.74) is 4.56. The largest absolute Gasteiger partial charge is 0.380 e. The van der Waals surface area contributed by atoms with Crippen molar-refractivity contribution in [3.63, 3.8) is 0 Å². The maximum atomic E-state index is 5.24. The molecule has 0 fully saturated rings. The molecular weight excluding hydrogens is 234 g/mol. The van der Waals surface area contributed by atoms with E-state index in [0.717, 1.165) is 13.0 Å². The monoisotopic (exact) mass is 261 g/mol. The topological polar surface area (TPSA) is 12.5 Å². The van der Waals surface area contributed by atoms with Gasteiger partial charge in [-0.3, -0.25) is 4.90 Å². The first-order valence-electron chi connectivity index (χ1n) is 7.34. The van der Waals surface area contributed by atoms with Gasteiger partial charge < -0.3 is 4.74 Å². The van der Waals surface area contributed by atoms with Gasteiger partial charge in [-0.1, -0.05) is 25.1 Å². The number of ether oxygens (including phenoxy) is 1. The van der Waals surface area contributed by atoms with E-state index in [1.807, 2.05) is 0 Å². The second-order valence-electron chi connectivity index (χ2n) is 6.50. The van der Waals surface area contributed by atoms with Gasteiger partial charge in [-0.2, -0.15) is 0 Å². The first-order valence-corrected chi connectivity index (χ1v) is 7.34. The van der Waals surface area contributed by atoms with E-state index < -0.39 is 0 Å². The molecule has 1 atom stereocenters. The van der Waals surface area contributed by atoms with Gasteiger partial charge in [-0.15, -0.1) is 0 Å². The van der Waals surface area contributed by atoms with Crippen LogP contribution >= 0.6 is 0 Å². The molecule has 0 aliphatic carbocycles. The molecule has 1 aliphatic rings. The summed E-state index contributed by atoms with van der Waals surface area (Å²) in [6.07, 6.45) is 2.33. The second kappa shape index (κ2) is 5.64. The molecule has 2 heteroatoms. The molecule has 2 rings (SSSR count). The number of methoxy groups -OCH3 is 1. The molecule has 1 aromatic rings.